The molecule has 0 amide bonds. The number of rotatable bonds is 3. The smallest absolute Gasteiger partial charge is 0.157 e. The number of nitrogens with zero attached hydrogens (tertiary/aromatic N) is 4. The number of fused-ring (bicyclic) bond motifs is 1. The van der Waals surface area contributed by atoms with Crippen LogP contribution in [0, 0.1) is 0 Å². The summed E-state index contributed by atoms with van der Waals surface area (Å²) in [7, 11) is 0. The van der Waals surface area contributed by atoms with E-state index in [0.717, 1.165) is 42.4 Å². The Morgan fingerprint density at radius 1 is 0.926 bits per heavy atom. The van der Waals surface area contributed by atoms with E-state index in [1.165, 1.54) is 5.56 Å². The van der Waals surface area contributed by atoms with Crippen LogP contribution in [0.1, 0.15) is 11.6 Å². The molecule has 1 saturated heterocycles. The first-order chi connectivity index (χ1) is 13.4. The monoisotopic (exact) mass is 355 g/mol. The van der Waals surface area contributed by atoms with Crippen LogP contribution in [-0.4, -0.2) is 34.2 Å². The fraction of sp³-hybridized carbons (Fsp3) is 0.182. The number of nitrogens with one attached hydrogen (secondary N) is 1. The summed E-state index contributed by atoms with van der Waals surface area (Å²) in [4.78, 5) is 7.20. The number of aromatic nitrogens is 3. The molecule has 1 fully saturated rings. The second-order valence-electron chi connectivity index (χ2n) is 6.83. The van der Waals surface area contributed by atoms with Gasteiger partial charge in [-0.05, 0) is 5.56 Å². The summed E-state index contributed by atoms with van der Waals surface area (Å²) in [5.74, 6) is 1.09. The van der Waals surface area contributed by atoms with Crippen molar-refractivity contribution in [2.24, 2.45) is 0 Å². The van der Waals surface area contributed by atoms with Crippen LogP contribution < -0.4 is 10.2 Å². The van der Waals surface area contributed by atoms with Gasteiger partial charge in [0.1, 0.15) is 5.82 Å². The van der Waals surface area contributed by atoms with Gasteiger partial charge in [-0.15, -0.1) is 0 Å². The van der Waals surface area contributed by atoms with E-state index in [1.807, 2.05) is 35.0 Å². The summed E-state index contributed by atoms with van der Waals surface area (Å²) in [5, 5.41) is 8.15. The van der Waals surface area contributed by atoms with Crippen molar-refractivity contribution in [3.8, 4) is 11.3 Å². The minimum atomic E-state index is 0.305. The molecule has 5 heteroatoms. The molecular weight excluding hydrogens is 334 g/mol. The molecule has 0 saturated carbocycles. The average Bonchev–Trinajstić information content (AvgIpc) is 3.23. The van der Waals surface area contributed by atoms with E-state index >= 15 is 0 Å². The van der Waals surface area contributed by atoms with E-state index in [9.17, 15) is 0 Å². The first kappa shape index (κ1) is 16.0. The molecule has 0 bridgehead atoms. The normalized spacial score (nSPS) is 17.3. The molecule has 4 aromatic rings. The molecule has 0 spiro atoms. The lowest BCUT2D eigenvalue weighted by molar-refractivity contribution is 0.467. The largest absolute Gasteiger partial charge is 0.353 e. The van der Waals surface area contributed by atoms with Crippen LogP contribution in [0.15, 0.2) is 79.0 Å². The van der Waals surface area contributed by atoms with E-state index in [1.54, 1.807) is 0 Å². The molecule has 0 aliphatic carbocycles. The maximum Gasteiger partial charge on any atom is 0.157 e. The van der Waals surface area contributed by atoms with Crippen LogP contribution in [-0.2, 0) is 0 Å². The van der Waals surface area contributed by atoms with Crippen molar-refractivity contribution in [1.29, 1.82) is 0 Å². The van der Waals surface area contributed by atoms with Gasteiger partial charge >= 0.3 is 0 Å². The lowest BCUT2D eigenvalue weighted by Gasteiger charge is -2.35. The van der Waals surface area contributed by atoms with Crippen LogP contribution in [0.5, 0.6) is 0 Å². The standard InChI is InChI=1S/C22H21N5/c1-3-7-17(8-4-1)19-15-22(27-21(25-19)11-12-24-27)26-14-13-23-20(16-26)18-9-5-2-6-10-18/h1-12,15,20,23H,13-14,16H2/t20-/m1/s1. The molecular formula is C22H21N5. The molecule has 1 aliphatic rings. The number of hydrogen-bond acceptors (Lipinski definition) is 4. The highest BCUT2D eigenvalue weighted by Gasteiger charge is 2.23. The molecule has 27 heavy (non-hydrogen) atoms. The predicted octanol–water partition coefficient (Wildman–Crippen LogP) is 3.55. The Hall–Kier alpha value is -3.18. The summed E-state index contributed by atoms with van der Waals surface area (Å²) in [5.41, 5.74) is 4.29. The van der Waals surface area contributed by atoms with Crippen molar-refractivity contribution in [2.75, 3.05) is 24.5 Å². The molecule has 5 rings (SSSR count). The quantitative estimate of drug-likeness (QED) is 0.610. The zero-order valence-corrected chi connectivity index (χ0v) is 15.0. The van der Waals surface area contributed by atoms with Gasteiger partial charge in [0.05, 0.1) is 11.9 Å². The molecule has 3 heterocycles. The van der Waals surface area contributed by atoms with Crippen molar-refractivity contribution in [3.63, 3.8) is 0 Å². The molecule has 134 valence electrons. The summed E-state index contributed by atoms with van der Waals surface area (Å²) in [6.07, 6.45) is 1.82. The van der Waals surface area contributed by atoms with Gasteiger partial charge in [0, 0.05) is 43.4 Å². The van der Waals surface area contributed by atoms with Crippen molar-refractivity contribution >= 4 is 11.5 Å². The Labute approximate surface area is 158 Å². The Morgan fingerprint density at radius 2 is 1.70 bits per heavy atom. The Balaban J connectivity index is 1.55. The van der Waals surface area contributed by atoms with Crippen LogP contribution in [0.3, 0.4) is 0 Å². The maximum absolute atomic E-state index is 4.80. The first-order valence-corrected chi connectivity index (χ1v) is 9.32. The second kappa shape index (κ2) is 6.85. The third-order valence-electron chi connectivity index (χ3n) is 5.11. The Morgan fingerprint density at radius 3 is 2.52 bits per heavy atom. The highest BCUT2D eigenvalue weighted by Crippen LogP contribution is 2.27. The number of anilines is 1. The molecule has 1 aliphatic heterocycles. The summed E-state index contributed by atoms with van der Waals surface area (Å²) >= 11 is 0. The van der Waals surface area contributed by atoms with Gasteiger partial charge in [-0.2, -0.15) is 9.61 Å². The van der Waals surface area contributed by atoms with Gasteiger partial charge in [0.15, 0.2) is 5.65 Å². The third-order valence-corrected chi connectivity index (χ3v) is 5.11. The van der Waals surface area contributed by atoms with Crippen LogP contribution >= 0.6 is 0 Å². The lowest BCUT2D eigenvalue weighted by atomic mass is 10.0. The molecule has 1 N–H and O–H groups in total. The van der Waals surface area contributed by atoms with E-state index in [-0.39, 0.29) is 0 Å². The van der Waals surface area contributed by atoms with Crippen molar-refractivity contribution in [1.82, 2.24) is 19.9 Å². The third kappa shape index (κ3) is 3.06. The molecule has 5 nitrogen and oxygen atoms in total. The highest BCUT2D eigenvalue weighted by atomic mass is 15.4. The fourth-order valence-electron chi connectivity index (χ4n) is 3.75. The van der Waals surface area contributed by atoms with Crippen LogP contribution in [0.25, 0.3) is 16.9 Å². The molecule has 0 radical (unpaired) electrons. The SMILES string of the molecule is c1ccc(-c2cc(N3CCN[C@@H](c4ccccc4)C3)n3nccc3n2)cc1. The molecule has 0 unspecified atom stereocenters. The van der Waals surface area contributed by atoms with Gasteiger partial charge < -0.3 is 10.2 Å². The first-order valence-electron chi connectivity index (χ1n) is 9.32. The second-order valence-corrected chi connectivity index (χ2v) is 6.83. The van der Waals surface area contributed by atoms with Gasteiger partial charge in [0.2, 0.25) is 0 Å². The zero-order valence-electron chi connectivity index (χ0n) is 15.0. The molecule has 2 aromatic carbocycles. The lowest BCUT2D eigenvalue weighted by Crippen LogP contribution is -2.46. The molecule has 1 atom stereocenters. The summed E-state index contributed by atoms with van der Waals surface area (Å²) in [6.45, 7) is 2.78. The van der Waals surface area contributed by atoms with Crippen LogP contribution in [0.2, 0.25) is 0 Å². The maximum atomic E-state index is 4.80. The van der Waals surface area contributed by atoms with E-state index in [4.69, 9.17) is 4.98 Å². The van der Waals surface area contributed by atoms with E-state index in [2.05, 4.69) is 63.8 Å². The zero-order chi connectivity index (χ0) is 18.1. The van der Waals surface area contributed by atoms with Gasteiger partial charge in [-0.3, -0.25) is 0 Å². The number of hydrogen-bond donors (Lipinski definition) is 1. The van der Waals surface area contributed by atoms with Gasteiger partial charge in [-0.1, -0.05) is 60.7 Å². The van der Waals surface area contributed by atoms with Crippen LogP contribution in [0.4, 0.5) is 5.82 Å². The highest BCUT2D eigenvalue weighted by molar-refractivity contribution is 5.67. The van der Waals surface area contributed by atoms with E-state index < -0.39 is 0 Å². The average molecular weight is 355 g/mol. The number of piperazine rings is 1. The summed E-state index contributed by atoms with van der Waals surface area (Å²) < 4.78 is 1.94. The van der Waals surface area contributed by atoms with Crippen molar-refractivity contribution in [2.45, 2.75) is 6.04 Å². The van der Waals surface area contributed by atoms with Gasteiger partial charge in [-0.25, -0.2) is 4.98 Å². The predicted molar refractivity (Wildman–Crippen MR) is 108 cm³/mol. The minimum absolute atomic E-state index is 0.305. The Kier molecular flexibility index (Phi) is 4.07. The van der Waals surface area contributed by atoms with Crippen molar-refractivity contribution in [3.05, 3.63) is 84.6 Å². The van der Waals surface area contributed by atoms with Gasteiger partial charge in [0.25, 0.3) is 0 Å². The summed E-state index contributed by atoms with van der Waals surface area (Å²) in [6, 6.07) is 25.4. The topological polar surface area (TPSA) is 45.5 Å². The Bertz CT molecular complexity index is 1040. The van der Waals surface area contributed by atoms with E-state index in [0.29, 0.717) is 6.04 Å². The fourth-order valence-corrected chi connectivity index (χ4v) is 3.75. The molecule has 2 aromatic heterocycles. The minimum Gasteiger partial charge on any atom is -0.353 e. The van der Waals surface area contributed by atoms with Crippen molar-refractivity contribution < 1.29 is 0 Å². The number of benzene rings is 2.